The lowest BCUT2D eigenvalue weighted by Gasteiger charge is -2.35. The minimum absolute atomic E-state index is 0.0454. The summed E-state index contributed by atoms with van der Waals surface area (Å²) in [6.45, 7) is 6.64. The summed E-state index contributed by atoms with van der Waals surface area (Å²) in [6, 6.07) is 14.0. The lowest BCUT2D eigenvalue weighted by atomic mass is 9.94. The summed E-state index contributed by atoms with van der Waals surface area (Å²) in [5, 5.41) is 9.50. The molecule has 2 aromatic carbocycles. The van der Waals surface area contributed by atoms with Gasteiger partial charge in [-0.2, -0.15) is 4.39 Å². The minimum Gasteiger partial charge on any atom is -0.508 e. The number of hydrogen-bond acceptors (Lipinski definition) is 5. The molecule has 36 heavy (non-hydrogen) atoms. The van der Waals surface area contributed by atoms with Gasteiger partial charge in [-0.05, 0) is 80.1 Å². The second-order valence-electron chi connectivity index (χ2n) is 9.56. The maximum Gasteiger partial charge on any atom is 0.246 e. The van der Waals surface area contributed by atoms with E-state index in [0.717, 1.165) is 41.0 Å². The van der Waals surface area contributed by atoms with Crippen molar-refractivity contribution < 1.29 is 19.0 Å². The Morgan fingerprint density at radius 3 is 2.53 bits per heavy atom. The Hall–Kier alpha value is -4.13. The van der Waals surface area contributed by atoms with E-state index in [2.05, 4.69) is 9.88 Å². The molecule has 0 unspecified atom stereocenters. The molecular formula is C29H28FN3O3. The van der Waals surface area contributed by atoms with Crippen LogP contribution in [0.5, 0.6) is 11.5 Å². The Morgan fingerprint density at radius 1 is 1.08 bits per heavy atom. The fraction of sp³-hybridized carbons (Fsp3) is 0.241. The number of hydrogen-bond donors (Lipinski definition) is 1. The zero-order valence-corrected chi connectivity index (χ0v) is 20.3. The van der Waals surface area contributed by atoms with Crippen LogP contribution < -0.4 is 9.64 Å². The van der Waals surface area contributed by atoms with Crippen LogP contribution in [0.25, 0.3) is 23.3 Å². The number of halogens is 1. The number of carbonyl (C=O) groups is 1. The molecule has 6 nitrogen and oxygen atoms in total. The van der Waals surface area contributed by atoms with Gasteiger partial charge in [-0.15, -0.1) is 0 Å². The van der Waals surface area contributed by atoms with E-state index in [9.17, 15) is 14.3 Å². The van der Waals surface area contributed by atoms with Crippen LogP contribution >= 0.6 is 0 Å². The number of pyridine rings is 1. The average Bonchev–Trinajstić information content (AvgIpc) is 2.88. The van der Waals surface area contributed by atoms with Gasteiger partial charge in [-0.1, -0.05) is 6.08 Å². The van der Waals surface area contributed by atoms with Crippen LogP contribution in [0.15, 0.2) is 66.9 Å². The molecule has 0 aliphatic carbocycles. The second-order valence-corrected chi connectivity index (χ2v) is 9.56. The zero-order chi connectivity index (χ0) is 25.3. The first kappa shape index (κ1) is 23.6. The number of piperazine rings is 1. The third kappa shape index (κ3) is 5.10. The molecule has 0 radical (unpaired) electrons. The zero-order valence-electron chi connectivity index (χ0n) is 20.3. The predicted octanol–water partition coefficient (Wildman–Crippen LogP) is 5.14. The molecule has 1 fully saturated rings. The Kier molecular flexibility index (Phi) is 6.22. The van der Waals surface area contributed by atoms with Crippen LogP contribution in [0.1, 0.15) is 25.0 Å². The van der Waals surface area contributed by atoms with Crippen LogP contribution in [0.3, 0.4) is 0 Å². The molecule has 7 heteroatoms. The number of nitrogens with zero attached hydrogens (tertiary/aromatic N) is 3. The smallest absolute Gasteiger partial charge is 0.246 e. The first-order valence-electron chi connectivity index (χ1n) is 12.0. The summed E-state index contributed by atoms with van der Waals surface area (Å²) >= 11 is 0. The fourth-order valence-electron chi connectivity index (χ4n) is 4.47. The molecule has 1 aromatic heterocycles. The monoisotopic (exact) mass is 485 g/mol. The van der Waals surface area contributed by atoms with Crippen LogP contribution in [0.4, 0.5) is 10.1 Å². The lowest BCUT2D eigenvalue weighted by molar-refractivity contribution is -0.126. The Labute approximate surface area is 210 Å². The molecule has 0 saturated carbocycles. The molecule has 3 aromatic rings. The molecule has 184 valence electrons. The molecule has 0 spiro atoms. The SMILES string of the molecule is CC1(C)C=Cc2cc(/C=C/C(=O)N3CCN(c4ccc(O)cc4)CC3)cc(-c3ccc(F)nc3)c2O1. The average molecular weight is 486 g/mol. The molecule has 5 rings (SSSR count). The maximum atomic E-state index is 13.4. The number of ether oxygens (including phenoxy) is 1. The molecule has 0 atom stereocenters. The van der Waals surface area contributed by atoms with Gasteiger partial charge in [-0.25, -0.2) is 4.98 Å². The van der Waals surface area contributed by atoms with Crippen LogP contribution in [-0.2, 0) is 4.79 Å². The van der Waals surface area contributed by atoms with Gasteiger partial charge in [0.1, 0.15) is 17.1 Å². The number of phenolic OH excluding ortho intramolecular Hbond substituents is 1. The van der Waals surface area contributed by atoms with Crippen LogP contribution in [0.2, 0.25) is 0 Å². The van der Waals surface area contributed by atoms with E-state index in [0.29, 0.717) is 18.8 Å². The quantitative estimate of drug-likeness (QED) is 0.410. The van der Waals surface area contributed by atoms with Gasteiger partial charge < -0.3 is 19.6 Å². The second kappa shape index (κ2) is 9.49. The van der Waals surface area contributed by atoms with E-state index in [1.165, 1.54) is 12.3 Å². The van der Waals surface area contributed by atoms with E-state index in [4.69, 9.17) is 4.74 Å². The standard InChI is InChI=1S/C29H28FN3O3/c1-29(2)12-11-21-17-20(18-25(28(21)36-29)22-4-9-26(30)31-19-22)3-10-27(35)33-15-13-32(14-16-33)23-5-7-24(34)8-6-23/h3-12,17-19,34H,13-16H2,1-2H3/b10-3+. The first-order chi connectivity index (χ1) is 17.3. The van der Waals surface area contributed by atoms with Crippen molar-refractivity contribution >= 4 is 23.7 Å². The molecule has 2 aliphatic rings. The number of anilines is 1. The van der Waals surface area contributed by atoms with Crippen molar-refractivity contribution in [2.45, 2.75) is 19.4 Å². The van der Waals surface area contributed by atoms with Gasteiger partial charge in [0.2, 0.25) is 11.9 Å². The topological polar surface area (TPSA) is 65.9 Å². The molecule has 3 heterocycles. The van der Waals surface area contributed by atoms with Crippen molar-refractivity contribution in [3.63, 3.8) is 0 Å². The highest BCUT2D eigenvalue weighted by Crippen LogP contribution is 2.40. The molecule has 0 bridgehead atoms. The highest BCUT2D eigenvalue weighted by molar-refractivity contribution is 5.92. The van der Waals surface area contributed by atoms with Gasteiger partial charge in [0, 0.05) is 60.8 Å². The summed E-state index contributed by atoms with van der Waals surface area (Å²) in [6.07, 6.45) is 8.91. The van der Waals surface area contributed by atoms with Crippen molar-refractivity contribution in [1.29, 1.82) is 0 Å². The Morgan fingerprint density at radius 2 is 1.83 bits per heavy atom. The molecule has 1 amide bonds. The van der Waals surface area contributed by atoms with Gasteiger partial charge in [0.15, 0.2) is 0 Å². The summed E-state index contributed by atoms with van der Waals surface area (Å²) in [5.41, 5.74) is 3.84. The maximum absolute atomic E-state index is 13.4. The molecular weight excluding hydrogens is 457 g/mol. The highest BCUT2D eigenvalue weighted by Gasteiger charge is 2.25. The van der Waals surface area contributed by atoms with Crippen LogP contribution in [-0.4, -0.2) is 52.7 Å². The van der Waals surface area contributed by atoms with Crippen molar-refractivity contribution in [3.8, 4) is 22.6 Å². The Balaban J connectivity index is 1.34. The number of carbonyl (C=O) groups excluding carboxylic acids is 1. The number of fused-ring (bicyclic) bond motifs is 1. The number of amides is 1. The van der Waals surface area contributed by atoms with Crippen molar-refractivity contribution in [2.24, 2.45) is 0 Å². The minimum atomic E-state index is -0.541. The normalized spacial score (nSPS) is 16.6. The predicted molar refractivity (Wildman–Crippen MR) is 139 cm³/mol. The van der Waals surface area contributed by atoms with E-state index in [1.54, 1.807) is 24.3 Å². The van der Waals surface area contributed by atoms with E-state index in [1.807, 2.05) is 61.2 Å². The van der Waals surface area contributed by atoms with Gasteiger partial charge >= 0.3 is 0 Å². The summed E-state index contributed by atoms with van der Waals surface area (Å²) in [4.78, 5) is 20.8. The summed E-state index contributed by atoms with van der Waals surface area (Å²) in [7, 11) is 0. The van der Waals surface area contributed by atoms with Crippen molar-refractivity contribution in [2.75, 3.05) is 31.1 Å². The van der Waals surface area contributed by atoms with E-state index in [-0.39, 0.29) is 11.7 Å². The Bertz CT molecular complexity index is 1320. The third-order valence-corrected chi connectivity index (χ3v) is 6.43. The first-order valence-corrected chi connectivity index (χ1v) is 12.0. The number of benzene rings is 2. The van der Waals surface area contributed by atoms with E-state index >= 15 is 0 Å². The van der Waals surface area contributed by atoms with Gasteiger partial charge in [0.25, 0.3) is 0 Å². The molecule has 1 N–H and O–H groups in total. The fourth-order valence-corrected chi connectivity index (χ4v) is 4.47. The largest absolute Gasteiger partial charge is 0.508 e. The van der Waals surface area contributed by atoms with Crippen molar-refractivity contribution in [1.82, 2.24) is 9.88 Å². The molecule has 1 saturated heterocycles. The third-order valence-electron chi connectivity index (χ3n) is 6.43. The summed E-state index contributed by atoms with van der Waals surface area (Å²) in [5.74, 6) is 0.367. The van der Waals surface area contributed by atoms with Crippen molar-refractivity contribution in [3.05, 3.63) is 84.0 Å². The molecule has 2 aliphatic heterocycles. The van der Waals surface area contributed by atoms with Crippen LogP contribution in [0, 0.1) is 5.95 Å². The van der Waals surface area contributed by atoms with Gasteiger partial charge in [0.05, 0.1) is 0 Å². The number of aromatic nitrogens is 1. The van der Waals surface area contributed by atoms with E-state index < -0.39 is 11.5 Å². The highest BCUT2D eigenvalue weighted by atomic mass is 19.1. The van der Waals surface area contributed by atoms with Gasteiger partial charge in [-0.3, -0.25) is 4.79 Å². The summed E-state index contributed by atoms with van der Waals surface area (Å²) < 4.78 is 19.7. The number of phenols is 1. The number of rotatable bonds is 4. The number of aromatic hydroxyl groups is 1. The lowest BCUT2D eigenvalue weighted by Crippen LogP contribution is -2.48.